The summed E-state index contributed by atoms with van der Waals surface area (Å²) in [6, 6.07) is 26.3. The number of ether oxygens (including phenoxy) is 1. The second kappa shape index (κ2) is 9.36. The van der Waals surface area contributed by atoms with Crippen LogP contribution in [0.1, 0.15) is 38.4 Å². The zero-order chi connectivity index (χ0) is 25.5. The van der Waals surface area contributed by atoms with Crippen LogP contribution in [0.5, 0.6) is 5.75 Å². The van der Waals surface area contributed by atoms with Gasteiger partial charge in [-0.2, -0.15) is 0 Å². The van der Waals surface area contributed by atoms with Crippen molar-refractivity contribution in [2.75, 3.05) is 16.3 Å². The van der Waals surface area contributed by atoms with Gasteiger partial charge in [-0.05, 0) is 60.2 Å². The number of para-hydroxylation sites is 2. The van der Waals surface area contributed by atoms with Crippen LogP contribution in [0.2, 0.25) is 0 Å². The highest BCUT2D eigenvalue weighted by atomic mass is 19.4. The molecule has 1 heterocycles. The second-order valence-electron chi connectivity index (χ2n) is 10.6. The summed E-state index contributed by atoms with van der Waals surface area (Å²) in [4.78, 5) is 4.61. The number of aliphatic hydroxyl groups excluding tert-OH is 1. The van der Waals surface area contributed by atoms with E-state index in [1.54, 1.807) is 12.1 Å². The van der Waals surface area contributed by atoms with E-state index in [2.05, 4.69) is 40.5 Å². The number of nitrogens with zero attached hydrogens (tertiary/aromatic N) is 2. The van der Waals surface area contributed by atoms with Gasteiger partial charge in [0.15, 0.2) is 0 Å². The lowest BCUT2D eigenvalue weighted by atomic mass is 9.66. The van der Waals surface area contributed by atoms with Crippen molar-refractivity contribution in [3.05, 3.63) is 90.5 Å². The number of alkyl halides is 3. The van der Waals surface area contributed by atoms with Gasteiger partial charge in [-0.1, -0.05) is 62.4 Å². The van der Waals surface area contributed by atoms with Crippen molar-refractivity contribution in [2.24, 2.45) is 11.3 Å². The Morgan fingerprint density at radius 2 is 1.42 bits per heavy atom. The lowest BCUT2D eigenvalue weighted by molar-refractivity contribution is -0.274. The zero-order valence-electron chi connectivity index (χ0n) is 20.4. The minimum absolute atomic E-state index is 0.0162. The quantitative estimate of drug-likeness (QED) is 0.432. The molecule has 4 nitrogen and oxygen atoms in total. The Labute approximate surface area is 209 Å². The molecule has 36 heavy (non-hydrogen) atoms. The van der Waals surface area contributed by atoms with Crippen LogP contribution in [0, 0.1) is 11.3 Å². The highest BCUT2D eigenvalue weighted by Crippen LogP contribution is 2.49. The van der Waals surface area contributed by atoms with E-state index in [9.17, 15) is 18.3 Å². The third kappa shape index (κ3) is 5.03. The Balaban J connectivity index is 1.64. The zero-order valence-corrected chi connectivity index (χ0v) is 20.4. The molecule has 3 aromatic rings. The Bertz CT molecular complexity index is 1150. The molecule has 0 bridgehead atoms. The van der Waals surface area contributed by atoms with Crippen LogP contribution in [-0.2, 0) is 0 Å². The summed E-state index contributed by atoms with van der Waals surface area (Å²) in [6.45, 7) is 5.02. The standard InChI is InChI=1S/C29H31F3N2O2/c1-28(2)17-25-24(26(35)18-28)19-33(21-9-5-3-6-10-21)27(34(25)22-11-7-4-8-12-22)20-13-15-23(16-14-20)36-29(30,31)32/h3-16,24-27,35H,17-19H2,1-2H3. The van der Waals surface area contributed by atoms with Crippen molar-refractivity contribution < 1.29 is 23.0 Å². The molecule has 5 rings (SSSR count). The van der Waals surface area contributed by atoms with E-state index in [1.807, 2.05) is 48.5 Å². The molecule has 0 aromatic heterocycles. The molecule has 1 saturated heterocycles. The number of rotatable bonds is 4. The number of anilines is 2. The summed E-state index contributed by atoms with van der Waals surface area (Å²) in [5.41, 5.74) is 2.82. The molecule has 1 aliphatic heterocycles. The van der Waals surface area contributed by atoms with Crippen molar-refractivity contribution >= 4 is 11.4 Å². The van der Waals surface area contributed by atoms with Crippen molar-refractivity contribution in [2.45, 2.75) is 51.4 Å². The fourth-order valence-corrected chi connectivity index (χ4v) is 5.96. The largest absolute Gasteiger partial charge is 0.573 e. The lowest BCUT2D eigenvalue weighted by Crippen LogP contribution is -2.63. The van der Waals surface area contributed by atoms with Gasteiger partial charge in [-0.3, -0.25) is 0 Å². The van der Waals surface area contributed by atoms with Crippen LogP contribution in [0.15, 0.2) is 84.9 Å². The SMILES string of the molecule is CC1(C)CC(O)C2CN(c3ccccc3)C(c3ccc(OC(F)(F)F)cc3)N(c3ccccc3)C2C1. The average molecular weight is 497 g/mol. The maximum Gasteiger partial charge on any atom is 0.573 e. The molecule has 4 unspecified atom stereocenters. The van der Waals surface area contributed by atoms with Gasteiger partial charge in [0.25, 0.3) is 0 Å². The fraction of sp³-hybridized carbons (Fsp3) is 0.379. The second-order valence-corrected chi connectivity index (χ2v) is 10.6. The smallest absolute Gasteiger partial charge is 0.406 e. The van der Waals surface area contributed by atoms with E-state index < -0.39 is 12.5 Å². The van der Waals surface area contributed by atoms with E-state index in [4.69, 9.17) is 0 Å². The summed E-state index contributed by atoms with van der Waals surface area (Å²) in [7, 11) is 0. The predicted octanol–water partition coefficient (Wildman–Crippen LogP) is 6.78. The summed E-state index contributed by atoms with van der Waals surface area (Å²) in [5, 5.41) is 11.3. The van der Waals surface area contributed by atoms with Crippen molar-refractivity contribution in [1.82, 2.24) is 0 Å². The third-order valence-corrected chi connectivity index (χ3v) is 7.39. The maximum absolute atomic E-state index is 12.8. The maximum atomic E-state index is 12.8. The molecule has 0 amide bonds. The number of benzene rings is 3. The molecule has 7 heteroatoms. The average Bonchev–Trinajstić information content (AvgIpc) is 2.83. The van der Waals surface area contributed by atoms with E-state index in [-0.39, 0.29) is 29.3 Å². The van der Waals surface area contributed by atoms with Crippen LogP contribution in [0.25, 0.3) is 0 Å². The fourth-order valence-electron chi connectivity index (χ4n) is 5.96. The first-order valence-corrected chi connectivity index (χ1v) is 12.3. The van der Waals surface area contributed by atoms with Crippen molar-refractivity contribution in [3.8, 4) is 5.75 Å². The topological polar surface area (TPSA) is 35.9 Å². The molecule has 2 fully saturated rings. The Kier molecular flexibility index (Phi) is 6.37. The molecule has 2 aliphatic rings. The Hall–Kier alpha value is -3.19. The first-order chi connectivity index (χ1) is 17.1. The summed E-state index contributed by atoms with van der Waals surface area (Å²) in [6.07, 6.45) is -3.85. The first kappa shape index (κ1) is 24.5. The number of hydrogen-bond donors (Lipinski definition) is 1. The molecule has 4 atom stereocenters. The third-order valence-electron chi connectivity index (χ3n) is 7.39. The van der Waals surface area contributed by atoms with Crippen LogP contribution in [0.3, 0.4) is 0 Å². The van der Waals surface area contributed by atoms with Gasteiger partial charge in [-0.15, -0.1) is 13.2 Å². The van der Waals surface area contributed by atoms with E-state index in [1.165, 1.54) is 12.1 Å². The normalized spacial score (nSPS) is 25.8. The molecule has 0 radical (unpaired) electrons. The predicted molar refractivity (Wildman–Crippen MR) is 135 cm³/mol. The monoisotopic (exact) mass is 496 g/mol. The van der Waals surface area contributed by atoms with Crippen molar-refractivity contribution in [3.63, 3.8) is 0 Å². The molecule has 1 aliphatic carbocycles. The van der Waals surface area contributed by atoms with Crippen LogP contribution >= 0.6 is 0 Å². The number of fused-ring (bicyclic) bond motifs is 1. The van der Waals surface area contributed by atoms with Gasteiger partial charge in [0.05, 0.1) is 6.10 Å². The van der Waals surface area contributed by atoms with Gasteiger partial charge < -0.3 is 19.6 Å². The number of hydrogen-bond acceptors (Lipinski definition) is 4. The lowest BCUT2D eigenvalue weighted by Gasteiger charge is -2.59. The van der Waals surface area contributed by atoms with E-state index >= 15 is 0 Å². The highest BCUT2D eigenvalue weighted by molar-refractivity contribution is 5.59. The molecule has 190 valence electrons. The first-order valence-electron chi connectivity index (χ1n) is 12.3. The molecule has 1 saturated carbocycles. The van der Waals surface area contributed by atoms with Gasteiger partial charge >= 0.3 is 6.36 Å². The van der Waals surface area contributed by atoms with E-state index in [0.29, 0.717) is 6.54 Å². The summed E-state index contributed by atoms with van der Waals surface area (Å²) >= 11 is 0. The van der Waals surface area contributed by atoms with Gasteiger partial charge in [0.1, 0.15) is 11.9 Å². The van der Waals surface area contributed by atoms with Crippen LogP contribution in [-0.4, -0.2) is 30.2 Å². The van der Waals surface area contributed by atoms with Gasteiger partial charge in [0.2, 0.25) is 0 Å². The van der Waals surface area contributed by atoms with Gasteiger partial charge in [-0.25, -0.2) is 0 Å². The van der Waals surface area contributed by atoms with Crippen molar-refractivity contribution in [1.29, 1.82) is 0 Å². The minimum atomic E-state index is -4.74. The number of aliphatic hydroxyl groups is 1. The number of halogens is 3. The summed E-state index contributed by atoms with van der Waals surface area (Å²) < 4.78 is 42.5. The molecule has 1 N–H and O–H groups in total. The molecule has 0 spiro atoms. The van der Waals surface area contributed by atoms with Crippen LogP contribution < -0.4 is 14.5 Å². The van der Waals surface area contributed by atoms with Gasteiger partial charge in [0, 0.05) is 29.9 Å². The Morgan fingerprint density at radius 1 is 0.833 bits per heavy atom. The minimum Gasteiger partial charge on any atom is -0.406 e. The molecular weight excluding hydrogens is 465 g/mol. The van der Waals surface area contributed by atoms with Crippen LogP contribution in [0.4, 0.5) is 24.5 Å². The Morgan fingerprint density at radius 3 is 2.00 bits per heavy atom. The highest BCUT2D eigenvalue weighted by Gasteiger charge is 2.50. The molecular formula is C29H31F3N2O2. The summed E-state index contributed by atoms with van der Waals surface area (Å²) in [5.74, 6) is -0.228. The van der Waals surface area contributed by atoms with E-state index in [0.717, 1.165) is 29.8 Å². The molecule has 3 aromatic carbocycles.